The Bertz CT molecular complexity index is 348. The zero-order chi connectivity index (χ0) is 10.6. The summed E-state index contributed by atoms with van der Waals surface area (Å²) in [6.45, 7) is 1.76. The molecule has 0 spiro atoms. The first-order valence-corrected chi connectivity index (χ1v) is 5.07. The molecule has 1 heterocycles. The van der Waals surface area contributed by atoms with E-state index in [4.69, 9.17) is 4.52 Å². The second-order valence-electron chi connectivity index (χ2n) is 2.74. The number of carbonyl (C=O) groups is 2. The summed E-state index contributed by atoms with van der Waals surface area (Å²) in [5.41, 5.74) is 0.699. The van der Waals surface area contributed by atoms with Gasteiger partial charge in [0.05, 0.1) is 5.69 Å². The van der Waals surface area contributed by atoms with Gasteiger partial charge in [0.2, 0.25) is 11.8 Å². The quantitative estimate of drug-likeness (QED) is 0.678. The Morgan fingerprint density at radius 2 is 2.29 bits per heavy atom. The summed E-state index contributed by atoms with van der Waals surface area (Å²) in [7, 11) is 0. The Balaban J connectivity index is 2.37. The topological polar surface area (TPSA) is 72.2 Å². The van der Waals surface area contributed by atoms with Crippen molar-refractivity contribution in [2.75, 3.05) is 5.32 Å². The van der Waals surface area contributed by atoms with E-state index in [1.165, 1.54) is 0 Å². The fourth-order valence-corrected chi connectivity index (χ4v) is 1.10. The van der Waals surface area contributed by atoms with E-state index in [1.54, 1.807) is 35.6 Å². The van der Waals surface area contributed by atoms with Gasteiger partial charge in [0, 0.05) is 18.9 Å². The van der Waals surface area contributed by atoms with Crippen LogP contribution in [0, 0.1) is 6.92 Å². The third-order valence-corrected chi connectivity index (χ3v) is 1.98. The van der Waals surface area contributed by atoms with Crippen molar-refractivity contribution in [2.24, 2.45) is 0 Å². The molecule has 0 atom stereocenters. The molecule has 0 bridgehead atoms. The number of carbonyl (C=O) groups excluding carboxylic acids is 2. The molecule has 1 aromatic heterocycles. The van der Waals surface area contributed by atoms with E-state index >= 15 is 0 Å². The van der Waals surface area contributed by atoms with Gasteiger partial charge in [-0.15, -0.1) is 0 Å². The molecule has 1 rings (SSSR count). The van der Waals surface area contributed by atoms with Crippen LogP contribution in [-0.4, -0.2) is 14.9 Å². The molecule has 0 fully saturated rings. The molecule has 0 aliphatic rings. The summed E-state index contributed by atoms with van der Waals surface area (Å²) < 4.78 is 4.74. The molecule has 1 aromatic rings. The number of aryl methyl sites for hydroxylation is 1. The number of anilines is 1. The largest absolute Gasteiger partial charge is 0.338 e. The average molecular weight is 308 g/mol. The lowest BCUT2D eigenvalue weighted by atomic mass is 10.3. The third kappa shape index (κ3) is 3.86. The van der Waals surface area contributed by atoms with Crippen molar-refractivity contribution in [2.45, 2.75) is 19.8 Å². The highest BCUT2D eigenvalue weighted by Crippen LogP contribution is 2.09. The van der Waals surface area contributed by atoms with Crippen LogP contribution in [0.15, 0.2) is 10.6 Å². The van der Waals surface area contributed by atoms with E-state index in [0.29, 0.717) is 11.6 Å². The predicted octanol–water partition coefficient (Wildman–Crippen LogP) is 1.66. The fraction of sp³-hybridized carbons (Fsp3) is 0.375. The van der Waals surface area contributed by atoms with Crippen LogP contribution in [-0.2, 0) is 9.59 Å². The number of hydrogen-bond acceptors (Lipinski definition) is 4. The average Bonchev–Trinajstić information content (AvgIpc) is 2.48. The number of halogens is 1. The van der Waals surface area contributed by atoms with E-state index in [0.717, 1.165) is 0 Å². The lowest BCUT2D eigenvalue weighted by Crippen LogP contribution is -2.11. The Morgan fingerprint density at radius 1 is 1.57 bits per heavy atom. The van der Waals surface area contributed by atoms with Crippen LogP contribution in [0.3, 0.4) is 0 Å². The second kappa shape index (κ2) is 5.08. The summed E-state index contributed by atoms with van der Waals surface area (Å²) in [6.07, 6.45) is 0.404. The van der Waals surface area contributed by atoms with Crippen LogP contribution in [0.5, 0.6) is 0 Å². The Hall–Kier alpha value is -0.920. The number of hydrogen-bond donors (Lipinski definition) is 1. The first-order valence-electron chi connectivity index (χ1n) is 3.99. The van der Waals surface area contributed by atoms with Crippen molar-refractivity contribution >= 4 is 38.2 Å². The highest BCUT2D eigenvalue weighted by atomic mass is 127. The fourth-order valence-electron chi connectivity index (χ4n) is 0.834. The second-order valence-corrected chi connectivity index (χ2v) is 3.94. The molecule has 0 aromatic carbocycles. The summed E-state index contributed by atoms with van der Waals surface area (Å²) in [4.78, 5) is 21.7. The molecule has 76 valence electrons. The first kappa shape index (κ1) is 11.2. The minimum atomic E-state index is -0.244. The molecule has 0 saturated heterocycles. The van der Waals surface area contributed by atoms with E-state index in [9.17, 15) is 9.59 Å². The summed E-state index contributed by atoms with van der Waals surface area (Å²) in [6, 6.07) is 1.61. The van der Waals surface area contributed by atoms with Crippen LogP contribution in [0.1, 0.15) is 18.5 Å². The Morgan fingerprint density at radius 3 is 2.79 bits per heavy atom. The molecule has 14 heavy (non-hydrogen) atoms. The van der Waals surface area contributed by atoms with Gasteiger partial charge < -0.3 is 4.52 Å². The highest BCUT2D eigenvalue weighted by Gasteiger charge is 2.07. The summed E-state index contributed by atoms with van der Waals surface area (Å²) in [5, 5.41) is 6.10. The minimum absolute atomic E-state index is 0.0356. The van der Waals surface area contributed by atoms with Crippen molar-refractivity contribution < 1.29 is 14.1 Å². The van der Waals surface area contributed by atoms with Crippen molar-refractivity contribution in [3.63, 3.8) is 0 Å². The molecule has 6 heteroatoms. The van der Waals surface area contributed by atoms with Gasteiger partial charge in [-0.2, -0.15) is 0 Å². The van der Waals surface area contributed by atoms with Gasteiger partial charge in [-0.05, 0) is 29.5 Å². The van der Waals surface area contributed by atoms with Crippen LogP contribution in [0.25, 0.3) is 0 Å². The maximum Gasteiger partial charge on any atom is 0.231 e. The molecule has 0 aliphatic carbocycles. The van der Waals surface area contributed by atoms with E-state index in [2.05, 4.69) is 10.5 Å². The molecular weight excluding hydrogens is 299 g/mol. The van der Waals surface area contributed by atoms with Crippen LogP contribution < -0.4 is 5.32 Å². The van der Waals surface area contributed by atoms with Crippen molar-refractivity contribution in [1.82, 2.24) is 5.16 Å². The molecule has 1 amide bonds. The van der Waals surface area contributed by atoms with Crippen molar-refractivity contribution in [3.8, 4) is 0 Å². The number of nitrogens with one attached hydrogen (secondary N) is 1. The first-order chi connectivity index (χ1) is 6.58. The lowest BCUT2D eigenvalue weighted by molar-refractivity contribution is -0.118. The van der Waals surface area contributed by atoms with Gasteiger partial charge in [0.15, 0.2) is 3.79 Å². The number of aromatic nitrogens is 1. The van der Waals surface area contributed by atoms with Gasteiger partial charge in [0.25, 0.3) is 0 Å². The molecule has 0 aliphatic heterocycles. The minimum Gasteiger partial charge on any atom is -0.338 e. The Kier molecular flexibility index (Phi) is 4.05. The van der Waals surface area contributed by atoms with Crippen LogP contribution >= 0.6 is 22.6 Å². The molecule has 0 unspecified atom stereocenters. The third-order valence-electron chi connectivity index (χ3n) is 1.44. The molecular formula is C8H9IN2O3. The Labute approximate surface area is 94.4 Å². The monoisotopic (exact) mass is 308 g/mol. The smallest absolute Gasteiger partial charge is 0.231 e. The van der Waals surface area contributed by atoms with Gasteiger partial charge >= 0.3 is 0 Å². The normalized spacial score (nSPS) is 9.86. The maximum absolute atomic E-state index is 11.2. The molecule has 1 N–H and O–H groups in total. The summed E-state index contributed by atoms with van der Waals surface area (Å²) in [5.74, 6) is 0.0690. The standard InChI is InChI=1S/C8H9IN2O3/c1-5-4-8(14-11-5)10-7(13)3-2-6(9)12/h4H,2-3H2,1H3,(H,10,13). The van der Waals surface area contributed by atoms with Gasteiger partial charge in [0.1, 0.15) is 0 Å². The van der Waals surface area contributed by atoms with Crippen molar-refractivity contribution in [1.29, 1.82) is 0 Å². The molecule has 0 radical (unpaired) electrons. The molecule has 5 nitrogen and oxygen atoms in total. The zero-order valence-electron chi connectivity index (χ0n) is 7.54. The lowest BCUT2D eigenvalue weighted by Gasteiger charge is -1.97. The number of nitrogens with zero attached hydrogens (tertiary/aromatic N) is 1. The zero-order valence-corrected chi connectivity index (χ0v) is 9.70. The van der Waals surface area contributed by atoms with Crippen LogP contribution in [0.2, 0.25) is 0 Å². The highest BCUT2D eigenvalue weighted by molar-refractivity contribution is 14.1. The summed E-state index contributed by atoms with van der Waals surface area (Å²) >= 11 is 1.66. The van der Waals surface area contributed by atoms with E-state index in [-0.39, 0.29) is 22.5 Å². The van der Waals surface area contributed by atoms with Crippen LogP contribution in [0.4, 0.5) is 5.88 Å². The van der Waals surface area contributed by atoms with E-state index in [1.807, 2.05) is 0 Å². The van der Waals surface area contributed by atoms with Gasteiger partial charge in [-0.3, -0.25) is 14.9 Å². The van der Waals surface area contributed by atoms with Gasteiger partial charge in [-0.25, -0.2) is 0 Å². The number of rotatable bonds is 4. The molecule has 0 saturated carbocycles. The SMILES string of the molecule is Cc1cc(NC(=O)CCC(=O)I)on1. The maximum atomic E-state index is 11.2. The van der Waals surface area contributed by atoms with E-state index < -0.39 is 0 Å². The predicted molar refractivity (Wildman–Crippen MR) is 58.1 cm³/mol. The number of amides is 1. The van der Waals surface area contributed by atoms with Gasteiger partial charge in [-0.1, -0.05) is 5.16 Å². The van der Waals surface area contributed by atoms with Crippen molar-refractivity contribution in [3.05, 3.63) is 11.8 Å².